The number of thiophene rings is 1. The number of benzene rings is 1. The molecule has 1 N–H and O–H groups in total. The van der Waals surface area contributed by atoms with Gasteiger partial charge in [-0.2, -0.15) is 13.2 Å². The molecule has 4 heterocycles. The molecule has 228 valence electrons. The van der Waals surface area contributed by atoms with E-state index in [1.54, 1.807) is 4.90 Å². The molecule has 1 amide bonds. The molecule has 2 aliphatic carbocycles. The number of likely N-dealkylation sites (N-methyl/N-ethyl adjacent to an activating group) is 1. The standard InChI is InChI=1S/C30H32F3N5O3S2/c1-2-37-9-8-18-13-23(21(17-6-7-17)12-19(18)16-37)35-29-34-15-22(30(31,32)33)26(36-29)24-14-25-27(42-24)28(39)38(20-4-3-5-20)10-11-43(25,40)41/h12-15,17,20H,2-11,16H2,1H3,(H,34,35,36). The molecule has 2 aliphatic heterocycles. The lowest BCUT2D eigenvalue weighted by atomic mass is 9.91. The summed E-state index contributed by atoms with van der Waals surface area (Å²) in [4.78, 5) is 25.5. The predicted molar refractivity (Wildman–Crippen MR) is 157 cm³/mol. The fraction of sp³-hybridized carbons (Fsp3) is 0.500. The summed E-state index contributed by atoms with van der Waals surface area (Å²) in [5.74, 6) is -0.339. The minimum absolute atomic E-state index is 0.00952. The predicted octanol–water partition coefficient (Wildman–Crippen LogP) is 6.00. The number of anilines is 2. The van der Waals surface area contributed by atoms with Gasteiger partial charge in [-0.05, 0) is 79.8 Å². The Morgan fingerprint density at radius 1 is 1.09 bits per heavy atom. The SMILES string of the molecule is CCN1CCc2cc(Nc3ncc(C(F)(F)F)c(-c4cc5c(s4)C(=O)N(C4CCC4)CCS5(=O)=O)n3)c(C3CC3)cc2C1. The van der Waals surface area contributed by atoms with Gasteiger partial charge in [0.05, 0.1) is 21.2 Å². The Morgan fingerprint density at radius 3 is 2.56 bits per heavy atom. The highest BCUT2D eigenvalue weighted by Crippen LogP contribution is 2.46. The first-order chi connectivity index (χ1) is 20.5. The van der Waals surface area contributed by atoms with E-state index in [4.69, 9.17) is 0 Å². The minimum Gasteiger partial charge on any atom is -0.334 e. The largest absolute Gasteiger partial charge is 0.420 e. The van der Waals surface area contributed by atoms with E-state index in [2.05, 4.69) is 39.2 Å². The fourth-order valence-corrected chi connectivity index (χ4v) is 9.15. The Balaban J connectivity index is 1.29. The van der Waals surface area contributed by atoms with Crippen LogP contribution in [0.5, 0.6) is 0 Å². The average Bonchev–Trinajstić information content (AvgIpc) is 3.70. The normalized spacial score (nSPS) is 20.7. The molecule has 43 heavy (non-hydrogen) atoms. The zero-order valence-corrected chi connectivity index (χ0v) is 25.3. The number of carbonyl (C=O) groups is 1. The average molecular weight is 632 g/mol. The van der Waals surface area contributed by atoms with Crippen LogP contribution in [0.15, 0.2) is 29.3 Å². The van der Waals surface area contributed by atoms with Gasteiger partial charge in [0.25, 0.3) is 5.91 Å². The maximum atomic E-state index is 14.2. The van der Waals surface area contributed by atoms with E-state index in [1.807, 2.05) is 0 Å². The number of carbonyl (C=O) groups excluding carboxylic acids is 1. The summed E-state index contributed by atoms with van der Waals surface area (Å²) in [6, 6.07) is 5.43. The van der Waals surface area contributed by atoms with Crippen molar-refractivity contribution >= 4 is 38.7 Å². The smallest absolute Gasteiger partial charge is 0.334 e. The van der Waals surface area contributed by atoms with Gasteiger partial charge in [0.15, 0.2) is 9.84 Å². The molecule has 2 saturated carbocycles. The van der Waals surface area contributed by atoms with Gasteiger partial charge in [0.1, 0.15) is 10.4 Å². The topological polar surface area (TPSA) is 95.5 Å². The molecule has 1 aromatic carbocycles. The number of fused-ring (bicyclic) bond motifs is 2. The van der Waals surface area contributed by atoms with E-state index in [0.717, 1.165) is 86.9 Å². The van der Waals surface area contributed by atoms with Gasteiger partial charge in [-0.15, -0.1) is 11.3 Å². The third-order valence-electron chi connectivity index (χ3n) is 9.11. The van der Waals surface area contributed by atoms with E-state index in [-0.39, 0.29) is 38.9 Å². The van der Waals surface area contributed by atoms with Crippen LogP contribution in [0.1, 0.15) is 76.9 Å². The van der Waals surface area contributed by atoms with Gasteiger partial charge < -0.3 is 10.2 Å². The van der Waals surface area contributed by atoms with Crippen LogP contribution >= 0.6 is 11.3 Å². The van der Waals surface area contributed by atoms with Crippen molar-refractivity contribution in [1.82, 2.24) is 19.8 Å². The quantitative estimate of drug-likeness (QED) is 0.356. The maximum absolute atomic E-state index is 14.2. The molecule has 0 unspecified atom stereocenters. The van der Waals surface area contributed by atoms with Crippen molar-refractivity contribution in [2.24, 2.45) is 0 Å². The van der Waals surface area contributed by atoms with Crippen molar-refractivity contribution in [1.29, 1.82) is 0 Å². The molecular weight excluding hydrogens is 599 g/mol. The zero-order chi connectivity index (χ0) is 30.1. The first-order valence-electron chi connectivity index (χ1n) is 14.8. The Kier molecular flexibility index (Phi) is 7.05. The number of aromatic nitrogens is 2. The Labute approximate surface area is 252 Å². The number of hydrogen-bond donors (Lipinski definition) is 1. The first-order valence-corrected chi connectivity index (χ1v) is 17.3. The number of nitrogens with zero attached hydrogens (tertiary/aromatic N) is 4. The number of sulfone groups is 1. The van der Waals surface area contributed by atoms with Crippen molar-refractivity contribution in [3.05, 3.63) is 51.5 Å². The van der Waals surface area contributed by atoms with Gasteiger partial charge >= 0.3 is 6.18 Å². The van der Waals surface area contributed by atoms with E-state index < -0.39 is 33.2 Å². The lowest BCUT2D eigenvalue weighted by Crippen LogP contribution is -2.44. The second kappa shape index (κ2) is 10.6. The number of amides is 1. The van der Waals surface area contributed by atoms with E-state index in [9.17, 15) is 26.4 Å². The molecule has 0 radical (unpaired) electrons. The highest BCUT2D eigenvalue weighted by Gasteiger charge is 2.41. The monoisotopic (exact) mass is 631 g/mol. The summed E-state index contributed by atoms with van der Waals surface area (Å²) >= 11 is 0.759. The lowest BCUT2D eigenvalue weighted by Gasteiger charge is -2.36. The van der Waals surface area contributed by atoms with E-state index in [0.29, 0.717) is 5.92 Å². The molecule has 0 saturated heterocycles. The molecule has 4 aliphatic rings. The highest BCUT2D eigenvalue weighted by molar-refractivity contribution is 7.91. The first kappa shape index (κ1) is 28.7. The van der Waals surface area contributed by atoms with Crippen molar-refractivity contribution in [2.75, 3.05) is 30.7 Å². The van der Waals surface area contributed by atoms with Crippen LogP contribution in [0.25, 0.3) is 10.6 Å². The van der Waals surface area contributed by atoms with Gasteiger partial charge in [-0.1, -0.05) is 13.0 Å². The highest BCUT2D eigenvalue weighted by atomic mass is 32.2. The van der Waals surface area contributed by atoms with Gasteiger partial charge in [-0.25, -0.2) is 18.4 Å². The molecule has 3 aromatic rings. The van der Waals surface area contributed by atoms with Crippen LogP contribution in [0.4, 0.5) is 24.8 Å². The Morgan fingerprint density at radius 2 is 1.88 bits per heavy atom. The number of nitrogens with one attached hydrogen (secondary N) is 1. The van der Waals surface area contributed by atoms with Crippen LogP contribution < -0.4 is 5.32 Å². The van der Waals surface area contributed by atoms with Crippen molar-refractivity contribution in [3.8, 4) is 10.6 Å². The van der Waals surface area contributed by atoms with Gasteiger partial charge in [0.2, 0.25) is 5.95 Å². The van der Waals surface area contributed by atoms with Gasteiger partial charge in [-0.3, -0.25) is 9.69 Å². The zero-order valence-electron chi connectivity index (χ0n) is 23.7. The van der Waals surface area contributed by atoms with Crippen molar-refractivity contribution in [2.45, 2.75) is 75.0 Å². The third kappa shape index (κ3) is 5.33. The minimum atomic E-state index is -4.79. The second-order valence-corrected chi connectivity index (χ2v) is 15.0. The number of rotatable bonds is 6. The van der Waals surface area contributed by atoms with Crippen LogP contribution in [0.3, 0.4) is 0 Å². The van der Waals surface area contributed by atoms with Crippen molar-refractivity contribution < 1.29 is 26.4 Å². The number of alkyl halides is 3. The van der Waals surface area contributed by atoms with Crippen LogP contribution in [0, 0.1) is 0 Å². The molecule has 7 rings (SSSR count). The summed E-state index contributed by atoms with van der Waals surface area (Å²) in [6.45, 7) is 5.01. The van der Waals surface area contributed by atoms with E-state index >= 15 is 0 Å². The second-order valence-electron chi connectivity index (χ2n) is 11.9. The molecular formula is C30H32F3N5O3S2. The summed E-state index contributed by atoms with van der Waals surface area (Å²) in [6.07, 6.45) is 1.47. The number of halogens is 3. The molecule has 2 fully saturated rings. The number of hydrogen-bond acceptors (Lipinski definition) is 8. The summed E-state index contributed by atoms with van der Waals surface area (Å²) < 4.78 is 69.0. The van der Waals surface area contributed by atoms with Crippen LogP contribution in [-0.2, 0) is 29.0 Å². The third-order valence-corrected chi connectivity index (χ3v) is 12.1. The molecule has 13 heteroatoms. The molecule has 0 bridgehead atoms. The maximum Gasteiger partial charge on any atom is 0.420 e. The summed E-state index contributed by atoms with van der Waals surface area (Å²) in [5.41, 5.74) is 2.85. The van der Waals surface area contributed by atoms with Crippen LogP contribution in [-0.4, -0.2) is 65.5 Å². The van der Waals surface area contributed by atoms with Crippen LogP contribution in [0.2, 0.25) is 0 Å². The van der Waals surface area contributed by atoms with Crippen molar-refractivity contribution in [3.63, 3.8) is 0 Å². The van der Waals surface area contributed by atoms with Gasteiger partial charge in [0, 0.05) is 37.6 Å². The molecule has 2 aromatic heterocycles. The lowest BCUT2D eigenvalue weighted by molar-refractivity contribution is -0.137. The Hall–Kier alpha value is -3.03. The fourth-order valence-electron chi connectivity index (χ4n) is 6.23. The summed E-state index contributed by atoms with van der Waals surface area (Å²) in [7, 11) is -3.87. The molecule has 0 atom stereocenters. The molecule has 8 nitrogen and oxygen atoms in total. The van der Waals surface area contributed by atoms with E-state index in [1.165, 1.54) is 17.2 Å². The molecule has 0 spiro atoms. The Bertz CT molecular complexity index is 1710. The summed E-state index contributed by atoms with van der Waals surface area (Å²) in [5, 5.41) is 3.20.